The molecule has 1 fully saturated rings. The van der Waals surface area contributed by atoms with Gasteiger partial charge in [0.25, 0.3) is 5.91 Å². The van der Waals surface area contributed by atoms with Crippen molar-refractivity contribution in [1.29, 1.82) is 5.53 Å². The molecule has 1 aliphatic rings. The number of hydrogen-bond donors (Lipinski definition) is 2. The first-order valence-corrected chi connectivity index (χ1v) is 13.0. The Morgan fingerprint density at radius 3 is 2.26 bits per heavy atom. The Hall–Kier alpha value is -4.33. The number of amides is 2. The van der Waals surface area contributed by atoms with Crippen LogP contribution in [0.4, 0.5) is 5.69 Å². The number of guanidine groups is 1. The molecule has 3 N–H and O–H groups in total. The van der Waals surface area contributed by atoms with Crippen LogP contribution in [0.25, 0.3) is 0 Å². The molecule has 38 heavy (non-hydrogen) atoms. The van der Waals surface area contributed by atoms with Crippen LogP contribution in [0.3, 0.4) is 0 Å². The van der Waals surface area contributed by atoms with Crippen LogP contribution in [0, 0.1) is 5.53 Å². The van der Waals surface area contributed by atoms with Gasteiger partial charge >= 0.3 is 0 Å². The van der Waals surface area contributed by atoms with Crippen LogP contribution < -0.4 is 15.4 Å². The van der Waals surface area contributed by atoms with Crippen molar-refractivity contribution in [2.75, 3.05) is 11.5 Å². The van der Waals surface area contributed by atoms with E-state index in [0.29, 0.717) is 18.0 Å². The molecule has 8 heteroatoms. The van der Waals surface area contributed by atoms with Crippen LogP contribution in [-0.4, -0.2) is 24.4 Å². The van der Waals surface area contributed by atoms with Crippen LogP contribution >= 0.6 is 0 Å². The van der Waals surface area contributed by atoms with E-state index in [1.165, 1.54) is 37.7 Å². The summed E-state index contributed by atoms with van der Waals surface area (Å²) in [6.45, 7) is 0.613. The van der Waals surface area contributed by atoms with Gasteiger partial charge in [0.15, 0.2) is 0 Å². The summed E-state index contributed by atoms with van der Waals surface area (Å²) in [5, 5.41) is 2.95. The number of para-hydroxylation sites is 1. The van der Waals surface area contributed by atoms with Gasteiger partial charge in [-0.05, 0) is 66.3 Å². The van der Waals surface area contributed by atoms with Gasteiger partial charge < -0.3 is 15.4 Å². The molecule has 0 saturated heterocycles. The third kappa shape index (κ3) is 7.35. The van der Waals surface area contributed by atoms with Crippen LogP contribution in [0.1, 0.15) is 65.9 Å². The first-order chi connectivity index (χ1) is 18.5. The third-order valence-corrected chi connectivity index (χ3v) is 6.78. The Balaban J connectivity index is 1.49. The fraction of sp³-hybridized carbons (Fsp3) is 0.300. The first-order valence-electron chi connectivity index (χ1n) is 13.0. The second-order valence-corrected chi connectivity index (χ2v) is 9.40. The molecule has 0 heterocycles. The fourth-order valence-corrected chi connectivity index (χ4v) is 4.72. The summed E-state index contributed by atoms with van der Waals surface area (Å²) in [6, 6.07) is 24.6. The van der Waals surface area contributed by atoms with E-state index < -0.39 is 11.9 Å². The number of nitrogens with zero attached hydrogens (tertiary/aromatic N) is 3. The Labute approximate surface area is 223 Å². The van der Waals surface area contributed by atoms with Crippen LogP contribution in [0.15, 0.2) is 89.0 Å². The molecule has 3 aromatic carbocycles. The highest BCUT2D eigenvalue weighted by molar-refractivity contribution is 6.02. The maximum absolute atomic E-state index is 13.4. The van der Waals surface area contributed by atoms with E-state index in [4.69, 9.17) is 16.0 Å². The zero-order valence-electron chi connectivity index (χ0n) is 21.4. The lowest BCUT2D eigenvalue weighted by Gasteiger charge is -2.25. The Kier molecular flexibility index (Phi) is 9.34. The number of aliphatic imine (C=N–C) groups is 1. The predicted molar refractivity (Wildman–Crippen MR) is 148 cm³/mol. The number of ether oxygens (including phenoxy) is 1. The number of benzene rings is 3. The summed E-state index contributed by atoms with van der Waals surface area (Å²) < 4.78 is 5.77. The number of carbonyl (C=O) groups excluding carboxylic acids is 2. The van der Waals surface area contributed by atoms with Gasteiger partial charge in [0.1, 0.15) is 5.75 Å². The molecule has 0 spiro atoms. The molecule has 4 rings (SSSR count). The van der Waals surface area contributed by atoms with E-state index in [2.05, 4.69) is 22.2 Å². The summed E-state index contributed by atoms with van der Waals surface area (Å²) in [5.74, 6) is 0.289. The van der Waals surface area contributed by atoms with Gasteiger partial charge in [0.2, 0.25) is 11.9 Å². The van der Waals surface area contributed by atoms with Crippen molar-refractivity contribution in [2.45, 2.75) is 51.0 Å². The van der Waals surface area contributed by atoms with E-state index in [0.717, 1.165) is 17.0 Å². The molecular formula is C30H33N5O3. The normalized spacial score (nSPS) is 14.1. The standard InChI is InChI=1S/C30H33N5O3/c31-30(34-32)33-29(37)25-13-11-22(12-14-25)21-35(28(36)19-20-38-27-9-5-2-6-10-27)26-17-15-24(16-18-26)23-7-3-1-4-8-23/h2,5-6,9-18,23,32H,1,3-4,7-8,19-21H2,(H2,31,33,37). The van der Waals surface area contributed by atoms with Gasteiger partial charge in [-0.25, -0.2) is 5.53 Å². The Morgan fingerprint density at radius 2 is 1.61 bits per heavy atom. The quantitative estimate of drug-likeness (QED) is 0.201. The summed E-state index contributed by atoms with van der Waals surface area (Å²) in [4.78, 5) is 30.9. The van der Waals surface area contributed by atoms with Crippen molar-refractivity contribution in [3.8, 4) is 5.75 Å². The van der Waals surface area contributed by atoms with Crippen molar-refractivity contribution in [3.63, 3.8) is 0 Å². The van der Waals surface area contributed by atoms with Crippen LogP contribution in [-0.2, 0) is 11.3 Å². The minimum absolute atomic E-state index is 0.0547. The molecule has 0 unspecified atom stereocenters. The largest absolute Gasteiger partial charge is 0.493 e. The molecule has 0 bridgehead atoms. The lowest BCUT2D eigenvalue weighted by molar-refractivity contribution is -0.119. The molecule has 1 saturated carbocycles. The summed E-state index contributed by atoms with van der Waals surface area (Å²) in [6.07, 6.45) is 6.51. The summed E-state index contributed by atoms with van der Waals surface area (Å²) in [7, 11) is 0. The number of anilines is 1. The first kappa shape index (κ1) is 26.7. The van der Waals surface area contributed by atoms with Gasteiger partial charge in [-0.3, -0.25) is 9.59 Å². The SMILES string of the molecule is N=NC(N)=NC(=O)c1ccc(CN(C(=O)CCOc2ccccc2)c2ccc(C3CCCCC3)cc2)cc1. The highest BCUT2D eigenvalue weighted by Gasteiger charge is 2.19. The van der Waals surface area contributed by atoms with E-state index in [1.807, 2.05) is 42.5 Å². The smallest absolute Gasteiger partial charge is 0.280 e. The number of rotatable bonds is 9. The highest BCUT2D eigenvalue weighted by atomic mass is 16.5. The van der Waals surface area contributed by atoms with Gasteiger partial charge in [-0.15, -0.1) is 5.11 Å². The zero-order chi connectivity index (χ0) is 26.7. The summed E-state index contributed by atoms with van der Waals surface area (Å²) >= 11 is 0. The average molecular weight is 512 g/mol. The van der Waals surface area contributed by atoms with Crippen molar-refractivity contribution >= 4 is 23.5 Å². The highest BCUT2D eigenvalue weighted by Crippen LogP contribution is 2.33. The number of nitrogens with one attached hydrogen (secondary N) is 1. The van der Waals surface area contributed by atoms with Crippen LogP contribution in [0.5, 0.6) is 5.75 Å². The fourth-order valence-electron chi connectivity index (χ4n) is 4.72. The lowest BCUT2D eigenvalue weighted by Crippen LogP contribution is -2.31. The maximum Gasteiger partial charge on any atom is 0.280 e. The average Bonchev–Trinajstić information content (AvgIpc) is 2.97. The minimum atomic E-state index is -0.575. The molecule has 2 amide bonds. The Bertz CT molecular complexity index is 1250. The van der Waals surface area contributed by atoms with Crippen molar-refractivity contribution in [1.82, 2.24) is 0 Å². The molecule has 8 nitrogen and oxygen atoms in total. The molecule has 0 atom stereocenters. The molecule has 3 aromatic rings. The minimum Gasteiger partial charge on any atom is -0.493 e. The number of hydrogen-bond acceptors (Lipinski definition) is 4. The van der Waals surface area contributed by atoms with E-state index >= 15 is 0 Å². The number of nitrogens with two attached hydrogens (primary N) is 1. The molecule has 0 aromatic heterocycles. The van der Waals surface area contributed by atoms with Crippen molar-refractivity contribution in [3.05, 3.63) is 95.6 Å². The molecule has 196 valence electrons. The van der Waals surface area contributed by atoms with Gasteiger partial charge in [-0.1, -0.05) is 61.7 Å². The molecule has 0 aliphatic heterocycles. The van der Waals surface area contributed by atoms with Crippen molar-refractivity contribution < 1.29 is 14.3 Å². The van der Waals surface area contributed by atoms with E-state index in [9.17, 15) is 9.59 Å². The predicted octanol–water partition coefficient (Wildman–Crippen LogP) is 6.22. The topological polar surface area (TPSA) is 121 Å². The third-order valence-electron chi connectivity index (χ3n) is 6.78. The maximum atomic E-state index is 13.4. The van der Waals surface area contributed by atoms with Gasteiger partial charge in [0, 0.05) is 11.3 Å². The number of carbonyl (C=O) groups is 2. The zero-order valence-corrected chi connectivity index (χ0v) is 21.4. The second kappa shape index (κ2) is 13.3. The Morgan fingerprint density at radius 1 is 0.921 bits per heavy atom. The van der Waals surface area contributed by atoms with Gasteiger partial charge in [0.05, 0.1) is 19.6 Å². The molecular weight excluding hydrogens is 478 g/mol. The summed E-state index contributed by atoms with van der Waals surface area (Å²) in [5.41, 5.74) is 15.5. The van der Waals surface area contributed by atoms with Gasteiger partial charge in [-0.2, -0.15) is 4.99 Å². The second-order valence-electron chi connectivity index (χ2n) is 9.40. The lowest BCUT2D eigenvalue weighted by atomic mass is 9.84. The van der Waals surface area contributed by atoms with E-state index in [-0.39, 0.29) is 18.9 Å². The molecule has 1 aliphatic carbocycles. The van der Waals surface area contributed by atoms with E-state index in [1.54, 1.807) is 29.2 Å². The van der Waals surface area contributed by atoms with Crippen LogP contribution in [0.2, 0.25) is 0 Å². The molecule has 0 radical (unpaired) electrons. The monoisotopic (exact) mass is 511 g/mol. The van der Waals surface area contributed by atoms with Crippen molar-refractivity contribution in [2.24, 2.45) is 15.8 Å².